The number of aryl methyl sites for hydroxylation is 1. The predicted molar refractivity (Wildman–Crippen MR) is 194 cm³/mol. The highest BCUT2D eigenvalue weighted by Crippen LogP contribution is 2.22. The average Bonchev–Trinajstić information content (AvgIpc) is 3.48. The fourth-order valence-electron chi connectivity index (χ4n) is 5.39. The summed E-state index contributed by atoms with van der Waals surface area (Å²) in [7, 11) is 1.96. The van der Waals surface area contributed by atoms with E-state index in [9.17, 15) is 0 Å². The zero-order valence-corrected chi connectivity index (χ0v) is 27.5. The van der Waals surface area contributed by atoms with Crippen molar-refractivity contribution in [3.05, 3.63) is 137 Å². The number of unbranched alkanes of at least 4 members (excludes halogenated alkanes) is 3. The molecule has 0 bridgehead atoms. The van der Waals surface area contributed by atoms with Crippen LogP contribution in [0.5, 0.6) is 0 Å². The molecule has 0 saturated heterocycles. The van der Waals surface area contributed by atoms with Crippen LogP contribution in [-0.4, -0.2) is 25.8 Å². The minimum Gasteiger partial charge on any atom is -0.397 e. The van der Waals surface area contributed by atoms with Gasteiger partial charge in [0.1, 0.15) is 0 Å². The van der Waals surface area contributed by atoms with Crippen LogP contribution in [0.3, 0.4) is 0 Å². The fraction of sp³-hybridized carbons (Fsp3) is 0.333. The molecule has 0 unspecified atom stereocenters. The van der Waals surface area contributed by atoms with Crippen molar-refractivity contribution in [3.8, 4) is 24.2 Å². The van der Waals surface area contributed by atoms with E-state index >= 15 is 0 Å². The first kappa shape index (κ1) is 34.4. The standard InChI is InChI=1S/C42H49N3O/c1-4-6-7-8-9-15-34-24-26-37(27-25-34)41(43)42(38-17-12-18-39(44-3)29-28-38)45-32-36-22-20-35(21-23-36)16-13-30-46-40-19-11-10-14-33(5-2)31-40/h2,10-12,14,17-29,33,39-40,44-45H,4,6-8,13,16,30-32,43H2,1,3H3/b42-41-/t33-,39+,40+/m1/s1. The van der Waals surface area contributed by atoms with Gasteiger partial charge in [0.2, 0.25) is 0 Å². The van der Waals surface area contributed by atoms with Crippen molar-refractivity contribution in [3.63, 3.8) is 0 Å². The second kappa shape index (κ2) is 19.1. The van der Waals surface area contributed by atoms with Gasteiger partial charge in [-0.25, -0.2) is 0 Å². The van der Waals surface area contributed by atoms with E-state index < -0.39 is 0 Å². The average molecular weight is 612 g/mol. The molecule has 0 heterocycles. The van der Waals surface area contributed by atoms with Crippen molar-refractivity contribution in [2.24, 2.45) is 11.7 Å². The monoisotopic (exact) mass is 611 g/mol. The first-order chi connectivity index (χ1) is 22.6. The first-order valence-corrected chi connectivity index (χ1v) is 16.7. The van der Waals surface area contributed by atoms with Gasteiger partial charge in [-0.15, -0.1) is 6.42 Å². The molecule has 0 fully saturated rings. The number of benzene rings is 2. The normalized spacial score (nSPS) is 19.2. The number of nitrogens with one attached hydrogen (secondary N) is 2. The van der Waals surface area contributed by atoms with Gasteiger partial charge in [-0.05, 0) is 67.1 Å². The maximum Gasteiger partial charge on any atom is 0.0773 e. The van der Waals surface area contributed by atoms with Crippen molar-refractivity contribution < 1.29 is 4.74 Å². The summed E-state index contributed by atoms with van der Waals surface area (Å²) >= 11 is 0. The van der Waals surface area contributed by atoms with Crippen molar-refractivity contribution in [1.29, 1.82) is 0 Å². The Kier molecular flexibility index (Phi) is 14.3. The second-order valence-corrected chi connectivity index (χ2v) is 11.8. The highest BCUT2D eigenvalue weighted by molar-refractivity contribution is 5.71. The molecule has 2 aliphatic rings. The van der Waals surface area contributed by atoms with Gasteiger partial charge in [0, 0.05) is 37.1 Å². The summed E-state index contributed by atoms with van der Waals surface area (Å²) < 4.78 is 6.11. The fourth-order valence-corrected chi connectivity index (χ4v) is 5.39. The van der Waals surface area contributed by atoms with Crippen LogP contribution in [0.15, 0.2) is 114 Å². The third-order valence-electron chi connectivity index (χ3n) is 8.22. The Hall–Kier alpha value is -4.48. The molecule has 2 aromatic carbocycles. The Morgan fingerprint density at radius 3 is 2.48 bits per heavy atom. The minimum atomic E-state index is 0.0733. The highest BCUT2D eigenvalue weighted by atomic mass is 16.5. The van der Waals surface area contributed by atoms with Crippen molar-refractivity contribution in [2.45, 2.75) is 70.6 Å². The topological polar surface area (TPSA) is 59.3 Å². The molecule has 4 rings (SSSR count). The molecule has 0 radical (unpaired) electrons. The Morgan fingerprint density at radius 1 is 0.935 bits per heavy atom. The largest absolute Gasteiger partial charge is 0.397 e. The molecule has 238 valence electrons. The zero-order valence-electron chi connectivity index (χ0n) is 27.5. The van der Waals surface area contributed by atoms with Crippen molar-refractivity contribution >= 4 is 5.70 Å². The van der Waals surface area contributed by atoms with Crippen LogP contribution in [-0.2, 0) is 17.7 Å². The van der Waals surface area contributed by atoms with Crippen molar-refractivity contribution in [1.82, 2.24) is 10.6 Å². The molecule has 4 heteroatoms. The van der Waals surface area contributed by atoms with E-state index in [1.54, 1.807) is 0 Å². The minimum absolute atomic E-state index is 0.0733. The Bertz CT molecular complexity index is 1530. The third kappa shape index (κ3) is 11.1. The molecule has 46 heavy (non-hydrogen) atoms. The smallest absolute Gasteiger partial charge is 0.0773 e. The Labute approximate surface area is 277 Å². The van der Waals surface area contributed by atoms with Gasteiger partial charge in [-0.2, -0.15) is 0 Å². The van der Waals surface area contributed by atoms with E-state index in [1.165, 1.54) is 24.0 Å². The predicted octanol–water partition coefficient (Wildman–Crippen LogP) is 7.76. The molecule has 2 aliphatic carbocycles. The third-order valence-corrected chi connectivity index (χ3v) is 8.22. The van der Waals surface area contributed by atoms with E-state index in [-0.39, 0.29) is 18.1 Å². The van der Waals surface area contributed by atoms with Crippen LogP contribution >= 0.6 is 0 Å². The van der Waals surface area contributed by atoms with E-state index in [4.69, 9.17) is 16.9 Å². The van der Waals surface area contributed by atoms with E-state index in [0.717, 1.165) is 54.5 Å². The van der Waals surface area contributed by atoms with Gasteiger partial charge in [-0.3, -0.25) is 0 Å². The number of hydrogen-bond donors (Lipinski definition) is 3. The summed E-state index contributed by atoms with van der Waals surface area (Å²) in [5.74, 6) is 9.55. The molecule has 0 saturated carbocycles. The summed E-state index contributed by atoms with van der Waals surface area (Å²) in [5.41, 5.74) is 14.0. The van der Waals surface area contributed by atoms with Gasteiger partial charge in [0.15, 0.2) is 0 Å². The number of terminal acetylenes is 1. The second-order valence-electron chi connectivity index (χ2n) is 11.8. The molecule has 0 amide bonds. The highest BCUT2D eigenvalue weighted by Gasteiger charge is 2.14. The maximum absolute atomic E-state index is 6.87. The molecule has 4 N–H and O–H groups in total. The van der Waals surface area contributed by atoms with Gasteiger partial charge in [0.05, 0.1) is 17.5 Å². The van der Waals surface area contributed by atoms with Crippen LogP contribution < -0.4 is 16.4 Å². The number of rotatable bonds is 14. The lowest BCUT2D eigenvalue weighted by molar-refractivity contribution is 0.0747. The SMILES string of the molecule is C#C[C@@H]1C=CC=C[C@H](OCCCc2ccc(CN/C(C3=CC=C[C@H](NC)C=C3)=C(\N)c3ccc(C#CCCCCC)cc3)cc2)C1. The van der Waals surface area contributed by atoms with Crippen LogP contribution in [0.4, 0.5) is 0 Å². The molecule has 3 atom stereocenters. The van der Waals surface area contributed by atoms with E-state index in [2.05, 4.69) is 126 Å². The molecule has 0 aromatic heterocycles. The molecular weight excluding hydrogens is 562 g/mol. The Morgan fingerprint density at radius 2 is 1.72 bits per heavy atom. The van der Waals surface area contributed by atoms with E-state index in [1.807, 2.05) is 19.2 Å². The first-order valence-electron chi connectivity index (χ1n) is 16.7. The number of hydrogen-bond acceptors (Lipinski definition) is 4. The van der Waals surface area contributed by atoms with Gasteiger partial charge < -0.3 is 21.1 Å². The molecule has 4 nitrogen and oxygen atoms in total. The lowest BCUT2D eigenvalue weighted by atomic mass is 10.0. The summed E-state index contributed by atoms with van der Waals surface area (Å²) in [6.07, 6.45) is 31.8. The van der Waals surface area contributed by atoms with Gasteiger partial charge in [0.25, 0.3) is 0 Å². The van der Waals surface area contributed by atoms with Crippen molar-refractivity contribution in [2.75, 3.05) is 13.7 Å². The molecule has 0 aliphatic heterocycles. The lowest BCUT2D eigenvalue weighted by Crippen LogP contribution is -2.20. The maximum atomic E-state index is 6.87. The summed E-state index contributed by atoms with van der Waals surface area (Å²) in [6.45, 7) is 3.58. The van der Waals surface area contributed by atoms with Crippen LogP contribution in [0.2, 0.25) is 0 Å². The summed E-state index contributed by atoms with van der Waals surface area (Å²) in [4.78, 5) is 0. The summed E-state index contributed by atoms with van der Waals surface area (Å²) in [6, 6.07) is 17.2. The van der Waals surface area contributed by atoms with E-state index in [0.29, 0.717) is 18.8 Å². The van der Waals surface area contributed by atoms with Gasteiger partial charge >= 0.3 is 0 Å². The number of allylic oxidation sites excluding steroid dienone is 6. The van der Waals surface area contributed by atoms with Crippen LogP contribution in [0.25, 0.3) is 5.70 Å². The van der Waals surface area contributed by atoms with Crippen LogP contribution in [0, 0.1) is 30.1 Å². The number of ether oxygens (including phenoxy) is 1. The molecule has 2 aromatic rings. The van der Waals surface area contributed by atoms with Crippen LogP contribution in [0.1, 0.15) is 67.7 Å². The Balaban J connectivity index is 1.39. The quantitative estimate of drug-likeness (QED) is 0.151. The van der Waals surface area contributed by atoms with Gasteiger partial charge in [-0.1, -0.05) is 129 Å². The lowest BCUT2D eigenvalue weighted by Gasteiger charge is -2.17. The zero-order chi connectivity index (χ0) is 32.4. The molecule has 0 spiro atoms. The molecular formula is C42H49N3O. The number of nitrogens with two attached hydrogens (primary N) is 1. The number of likely N-dealkylation sites (N-methyl/N-ethyl adjacent to an activating group) is 1. The summed E-state index contributed by atoms with van der Waals surface area (Å²) in [5, 5.41) is 6.96.